The first-order chi connectivity index (χ1) is 11.6. The molecule has 0 aliphatic rings. The largest absolute Gasteiger partial charge is 0.352 e. The topological polar surface area (TPSA) is 55.6 Å². The predicted molar refractivity (Wildman–Crippen MR) is 97.1 cm³/mol. The molecule has 0 fully saturated rings. The number of nitrogens with one attached hydrogen (secondary N) is 1. The van der Waals surface area contributed by atoms with E-state index in [4.69, 9.17) is 4.98 Å². The lowest BCUT2D eigenvalue weighted by Crippen LogP contribution is -2.04. The van der Waals surface area contributed by atoms with Crippen LogP contribution in [0.3, 0.4) is 0 Å². The molecule has 0 aliphatic heterocycles. The van der Waals surface area contributed by atoms with Gasteiger partial charge in [-0.1, -0.05) is 30.3 Å². The highest BCUT2D eigenvalue weighted by Crippen LogP contribution is 2.28. The monoisotopic (exact) mass is 317 g/mol. The molecule has 0 radical (unpaired) electrons. The van der Waals surface area contributed by atoms with Gasteiger partial charge in [-0.15, -0.1) is 0 Å². The van der Waals surface area contributed by atoms with Gasteiger partial charge in [0.15, 0.2) is 0 Å². The van der Waals surface area contributed by atoms with E-state index in [1.165, 1.54) is 5.56 Å². The van der Waals surface area contributed by atoms with Crippen molar-refractivity contribution < 1.29 is 0 Å². The number of imidazole rings is 1. The minimum Gasteiger partial charge on any atom is -0.352 e. The first-order valence-corrected chi connectivity index (χ1v) is 8.00. The van der Waals surface area contributed by atoms with Gasteiger partial charge in [-0.05, 0) is 31.0 Å². The molecule has 24 heavy (non-hydrogen) atoms. The quantitative estimate of drug-likeness (QED) is 0.625. The maximum Gasteiger partial charge on any atom is 0.203 e. The van der Waals surface area contributed by atoms with Crippen LogP contribution in [0.25, 0.3) is 22.1 Å². The molecule has 0 atom stereocenters. The van der Waals surface area contributed by atoms with E-state index >= 15 is 0 Å². The minimum atomic E-state index is 0.736. The average Bonchev–Trinajstić information content (AvgIpc) is 2.91. The normalized spacial score (nSPS) is 11.3. The zero-order valence-electron chi connectivity index (χ0n) is 14.0. The van der Waals surface area contributed by atoms with E-state index in [-0.39, 0.29) is 0 Å². The molecule has 0 unspecified atom stereocenters. The smallest absolute Gasteiger partial charge is 0.203 e. The molecule has 2 heterocycles. The summed E-state index contributed by atoms with van der Waals surface area (Å²) in [4.78, 5) is 13.9. The SMILES string of the molecule is Cc1cnc2c(cc(C)c3c2nc(NCc2ccccc2)n3C)n1. The van der Waals surface area contributed by atoms with E-state index in [0.717, 1.165) is 45.8 Å². The average molecular weight is 317 g/mol. The molecule has 0 bridgehead atoms. The fourth-order valence-electron chi connectivity index (χ4n) is 3.10. The zero-order valence-corrected chi connectivity index (χ0v) is 14.0. The van der Waals surface area contributed by atoms with Crippen LogP contribution in [0.15, 0.2) is 42.6 Å². The number of fused-ring (bicyclic) bond motifs is 3. The summed E-state index contributed by atoms with van der Waals surface area (Å²) < 4.78 is 2.09. The first-order valence-electron chi connectivity index (χ1n) is 8.00. The molecule has 120 valence electrons. The summed E-state index contributed by atoms with van der Waals surface area (Å²) in [6.45, 7) is 4.78. The lowest BCUT2D eigenvalue weighted by molar-refractivity contribution is 0.924. The van der Waals surface area contributed by atoms with Gasteiger partial charge >= 0.3 is 0 Å². The Morgan fingerprint density at radius 3 is 2.62 bits per heavy atom. The number of nitrogens with zero attached hydrogens (tertiary/aromatic N) is 4. The third-order valence-corrected chi connectivity index (χ3v) is 4.26. The van der Waals surface area contributed by atoms with Crippen molar-refractivity contribution >= 4 is 28.0 Å². The van der Waals surface area contributed by atoms with E-state index in [2.05, 4.69) is 45.0 Å². The fourth-order valence-corrected chi connectivity index (χ4v) is 3.10. The van der Waals surface area contributed by atoms with Crippen molar-refractivity contribution in [2.75, 3.05) is 5.32 Å². The Balaban J connectivity index is 1.81. The molecule has 4 aromatic rings. The third-order valence-electron chi connectivity index (χ3n) is 4.26. The second-order valence-electron chi connectivity index (χ2n) is 6.10. The summed E-state index contributed by atoms with van der Waals surface area (Å²) in [5, 5.41) is 3.43. The van der Waals surface area contributed by atoms with Crippen molar-refractivity contribution in [1.29, 1.82) is 0 Å². The number of hydrogen-bond donors (Lipinski definition) is 1. The summed E-state index contributed by atoms with van der Waals surface area (Å²) in [7, 11) is 2.03. The standard InChI is InChI=1S/C19H19N5/c1-12-9-15-16(20-10-13(2)22-15)17-18(12)24(3)19(23-17)21-11-14-7-5-4-6-8-14/h4-10H,11H2,1-3H3,(H,21,23). The maximum atomic E-state index is 4.80. The summed E-state index contributed by atoms with van der Waals surface area (Å²) in [5.74, 6) is 0.840. The Hall–Kier alpha value is -2.95. The Kier molecular flexibility index (Phi) is 3.41. The Morgan fingerprint density at radius 2 is 1.83 bits per heavy atom. The van der Waals surface area contributed by atoms with Gasteiger partial charge in [-0.2, -0.15) is 0 Å². The highest BCUT2D eigenvalue weighted by Gasteiger charge is 2.15. The molecule has 0 saturated heterocycles. The Labute approximate surface area is 140 Å². The highest BCUT2D eigenvalue weighted by atomic mass is 15.2. The molecular formula is C19H19N5. The highest BCUT2D eigenvalue weighted by molar-refractivity contribution is 6.02. The predicted octanol–water partition coefficient (Wildman–Crippen LogP) is 3.75. The van der Waals surface area contributed by atoms with Crippen LogP contribution >= 0.6 is 0 Å². The van der Waals surface area contributed by atoms with E-state index in [1.807, 2.05) is 32.2 Å². The number of anilines is 1. The maximum absolute atomic E-state index is 4.80. The molecule has 0 amide bonds. The first kappa shape index (κ1) is 14.6. The third kappa shape index (κ3) is 2.38. The number of aryl methyl sites for hydroxylation is 3. The Morgan fingerprint density at radius 1 is 1.04 bits per heavy atom. The lowest BCUT2D eigenvalue weighted by Gasteiger charge is -2.07. The van der Waals surface area contributed by atoms with E-state index < -0.39 is 0 Å². The van der Waals surface area contributed by atoms with Crippen LogP contribution in [0.5, 0.6) is 0 Å². The zero-order chi connectivity index (χ0) is 16.7. The molecule has 2 aromatic heterocycles. The second-order valence-corrected chi connectivity index (χ2v) is 6.10. The van der Waals surface area contributed by atoms with Crippen LogP contribution in [-0.2, 0) is 13.6 Å². The van der Waals surface area contributed by atoms with Gasteiger partial charge in [0.2, 0.25) is 5.95 Å². The van der Waals surface area contributed by atoms with Crippen molar-refractivity contribution in [3.05, 3.63) is 59.4 Å². The van der Waals surface area contributed by atoms with E-state index in [9.17, 15) is 0 Å². The molecule has 4 rings (SSSR count). The minimum absolute atomic E-state index is 0.736. The van der Waals surface area contributed by atoms with Gasteiger partial charge in [0.05, 0.1) is 16.7 Å². The van der Waals surface area contributed by atoms with Gasteiger partial charge in [0.25, 0.3) is 0 Å². The summed E-state index contributed by atoms with van der Waals surface area (Å²) in [6.07, 6.45) is 1.79. The van der Waals surface area contributed by atoms with Crippen molar-refractivity contribution in [1.82, 2.24) is 19.5 Å². The molecule has 0 aliphatic carbocycles. The molecule has 5 heteroatoms. The summed E-state index contributed by atoms with van der Waals surface area (Å²) in [6, 6.07) is 12.4. The molecule has 1 N–H and O–H groups in total. The van der Waals surface area contributed by atoms with Gasteiger partial charge in [0.1, 0.15) is 11.0 Å². The summed E-state index contributed by atoms with van der Waals surface area (Å²) >= 11 is 0. The van der Waals surface area contributed by atoms with Crippen molar-refractivity contribution in [2.45, 2.75) is 20.4 Å². The van der Waals surface area contributed by atoms with Gasteiger partial charge in [0, 0.05) is 19.8 Å². The molecule has 2 aromatic carbocycles. The van der Waals surface area contributed by atoms with Crippen molar-refractivity contribution in [2.24, 2.45) is 7.05 Å². The van der Waals surface area contributed by atoms with Crippen LogP contribution in [-0.4, -0.2) is 19.5 Å². The van der Waals surface area contributed by atoms with Crippen LogP contribution in [0.2, 0.25) is 0 Å². The molecular weight excluding hydrogens is 298 g/mol. The number of rotatable bonds is 3. The number of benzene rings is 2. The van der Waals surface area contributed by atoms with E-state index in [1.54, 1.807) is 6.20 Å². The van der Waals surface area contributed by atoms with Crippen molar-refractivity contribution in [3.8, 4) is 0 Å². The van der Waals surface area contributed by atoms with E-state index in [0.29, 0.717) is 0 Å². The number of aromatic nitrogens is 4. The van der Waals surface area contributed by atoms with Crippen LogP contribution in [0.4, 0.5) is 5.95 Å². The van der Waals surface area contributed by atoms with Gasteiger partial charge in [-0.25, -0.2) is 9.97 Å². The molecule has 0 spiro atoms. The van der Waals surface area contributed by atoms with Crippen LogP contribution < -0.4 is 5.32 Å². The summed E-state index contributed by atoms with van der Waals surface area (Å²) in [5.41, 5.74) is 7.03. The van der Waals surface area contributed by atoms with Gasteiger partial charge < -0.3 is 9.88 Å². The van der Waals surface area contributed by atoms with Crippen molar-refractivity contribution in [3.63, 3.8) is 0 Å². The molecule has 0 saturated carbocycles. The number of hydrogen-bond acceptors (Lipinski definition) is 4. The van der Waals surface area contributed by atoms with Gasteiger partial charge in [-0.3, -0.25) is 4.98 Å². The van der Waals surface area contributed by atoms with Crippen LogP contribution in [0.1, 0.15) is 16.8 Å². The lowest BCUT2D eigenvalue weighted by atomic mass is 10.1. The van der Waals surface area contributed by atoms with Crippen LogP contribution in [0, 0.1) is 13.8 Å². The second kappa shape index (κ2) is 5.60. The molecule has 5 nitrogen and oxygen atoms in total. The fraction of sp³-hybridized carbons (Fsp3) is 0.211. The Bertz CT molecular complexity index is 1030.